The Kier molecular flexibility index (Phi) is 5.93. The number of anilines is 2. The number of hydrogen-bond donors (Lipinski definition) is 1. The molecule has 3 rings (SSSR count). The van der Waals surface area contributed by atoms with Crippen molar-refractivity contribution in [3.05, 3.63) is 59.7 Å². The Morgan fingerprint density at radius 3 is 2.45 bits per heavy atom. The van der Waals surface area contributed by atoms with Crippen LogP contribution >= 0.6 is 0 Å². The van der Waals surface area contributed by atoms with Crippen LogP contribution in [0.25, 0.3) is 0 Å². The van der Waals surface area contributed by atoms with E-state index < -0.39 is 23.9 Å². The van der Waals surface area contributed by atoms with Crippen molar-refractivity contribution in [1.29, 1.82) is 5.26 Å². The predicted octanol–water partition coefficient (Wildman–Crippen LogP) is 2.79. The van der Waals surface area contributed by atoms with Gasteiger partial charge in [0.1, 0.15) is 0 Å². The van der Waals surface area contributed by atoms with Crippen molar-refractivity contribution >= 4 is 29.2 Å². The largest absolute Gasteiger partial charge is 0.452 e. The molecule has 7 nitrogen and oxygen atoms in total. The summed E-state index contributed by atoms with van der Waals surface area (Å²) in [5.41, 5.74) is 2.80. The van der Waals surface area contributed by atoms with Gasteiger partial charge in [-0.2, -0.15) is 5.26 Å². The highest BCUT2D eigenvalue weighted by atomic mass is 16.5. The fourth-order valence-electron chi connectivity index (χ4n) is 3.04. The first-order valence-corrected chi connectivity index (χ1v) is 9.26. The summed E-state index contributed by atoms with van der Waals surface area (Å²) >= 11 is 0. The molecule has 0 aromatic heterocycles. The van der Waals surface area contributed by atoms with Crippen LogP contribution in [0.4, 0.5) is 11.4 Å². The zero-order valence-corrected chi connectivity index (χ0v) is 16.2. The second-order valence-electron chi connectivity index (χ2n) is 7.00. The number of ether oxygens (including phenoxy) is 1. The van der Waals surface area contributed by atoms with Crippen molar-refractivity contribution in [1.82, 2.24) is 0 Å². The molecule has 0 bridgehead atoms. The third kappa shape index (κ3) is 4.79. The van der Waals surface area contributed by atoms with Crippen LogP contribution < -0.4 is 10.2 Å². The average molecular weight is 391 g/mol. The quantitative estimate of drug-likeness (QED) is 0.790. The highest BCUT2D eigenvalue weighted by Crippen LogP contribution is 2.26. The second-order valence-corrected chi connectivity index (χ2v) is 7.00. The SMILES string of the molecule is Cc1ccc(N2C[C@@H](C(=O)O[C@@H](C)C(=O)Nc3ccc(C#N)cc3)CC2=O)cc1. The molecule has 0 aliphatic carbocycles. The van der Waals surface area contributed by atoms with Gasteiger partial charge < -0.3 is 15.0 Å². The molecule has 2 amide bonds. The minimum atomic E-state index is -1.01. The van der Waals surface area contributed by atoms with Gasteiger partial charge in [0.25, 0.3) is 5.91 Å². The number of esters is 1. The van der Waals surface area contributed by atoms with Gasteiger partial charge in [-0.05, 0) is 50.2 Å². The van der Waals surface area contributed by atoms with Crippen molar-refractivity contribution in [2.45, 2.75) is 26.4 Å². The van der Waals surface area contributed by atoms with E-state index in [1.54, 1.807) is 29.2 Å². The minimum Gasteiger partial charge on any atom is -0.452 e. The molecule has 1 aliphatic heterocycles. The summed E-state index contributed by atoms with van der Waals surface area (Å²) in [4.78, 5) is 38.6. The lowest BCUT2D eigenvalue weighted by atomic mass is 10.1. The van der Waals surface area contributed by atoms with E-state index in [0.717, 1.165) is 11.3 Å². The number of carbonyl (C=O) groups is 3. The minimum absolute atomic E-state index is 0.0523. The zero-order chi connectivity index (χ0) is 21.0. The fraction of sp³-hybridized carbons (Fsp3) is 0.273. The molecule has 1 aliphatic rings. The van der Waals surface area contributed by atoms with E-state index >= 15 is 0 Å². The molecular formula is C22H21N3O4. The molecule has 7 heteroatoms. The molecule has 2 atom stereocenters. The monoisotopic (exact) mass is 391 g/mol. The Labute approximate surface area is 168 Å². The average Bonchev–Trinajstić information content (AvgIpc) is 3.11. The number of nitrogens with one attached hydrogen (secondary N) is 1. The Morgan fingerprint density at radius 1 is 1.17 bits per heavy atom. The van der Waals surface area contributed by atoms with Crippen molar-refractivity contribution in [3.8, 4) is 6.07 Å². The first-order chi connectivity index (χ1) is 13.9. The van der Waals surface area contributed by atoms with Crippen LogP contribution in [0, 0.1) is 24.2 Å². The van der Waals surface area contributed by atoms with Gasteiger partial charge in [-0.15, -0.1) is 0 Å². The van der Waals surface area contributed by atoms with Gasteiger partial charge >= 0.3 is 5.97 Å². The molecular weight excluding hydrogens is 370 g/mol. The van der Waals surface area contributed by atoms with E-state index in [1.165, 1.54) is 6.92 Å². The third-order valence-electron chi connectivity index (χ3n) is 4.75. The van der Waals surface area contributed by atoms with Gasteiger partial charge in [-0.3, -0.25) is 14.4 Å². The number of aryl methyl sites for hydroxylation is 1. The molecule has 148 valence electrons. The molecule has 0 spiro atoms. The van der Waals surface area contributed by atoms with Crippen molar-refractivity contribution in [2.75, 3.05) is 16.8 Å². The molecule has 2 aromatic carbocycles. The van der Waals surface area contributed by atoms with Crippen molar-refractivity contribution < 1.29 is 19.1 Å². The smallest absolute Gasteiger partial charge is 0.312 e. The molecule has 0 unspecified atom stereocenters. The van der Waals surface area contributed by atoms with Gasteiger partial charge in [-0.25, -0.2) is 0 Å². The highest BCUT2D eigenvalue weighted by Gasteiger charge is 2.37. The van der Waals surface area contributed by atoms with Gasteiger partial charge in [0.2, 0.25) is 5.91 Å². The lowest BCUT2D eigenvalue weighted by molar-refractivity contribution is -0.157. The summed E-state index contributed by atoms with van der Waals surface area (Å²) < 4.78 is 5.28. The van der Waals surface area contributed by atoms with Crippen LogP contribution in [0.1, 0.15) is 24.5 Å². The summed E-state index contributed by atoms with van der Waals surface area (Å²) in [6.07, 6.45) is -0.960. The Bertz CT molecular complexity index is 961. The Morgan fingerprint density at radius 2 is 1.83 bits per heavy atom. The Hall–Kier alpha value is -3.66. The molecule has 0 saturated carbocycles. The number of carbonyl (C=O) groups excluding carboxylic acids is 3. The summed E-state index contributed by atoms with van der Waals surface area (Å²) in [6, 6.07) is 15.8. The van der Waals surface area contributed by atoms with Crippen LogP contribution in [0.3, 0.4) is 0 Å². The van der Waals surface area contributed by atoms with E-state index in [4.69, 9.17) is 10.00 Å². The summed E-state index contributed by atoms with van der Waals surface area (Å²) in [7, 11) is 0. The highest BCUT2D eigenvalue weighted by molar-refractivity contribution is 6.00. The van der Waals surface area contributed by atoms with Crippen molar-refractivity contribution in [3.63, 3.8) is 0 Å². The fourth-order valence-corrected chi connectivity index (χ4v) is 3.04. The number of nitriles is 1. The first kappa shape index (κ1) is 20.1. The number of nitrogens with zero attached hydrogens (tertiary/aromatic N) is 2. The van der Waals surface area contributed by atoms with Gasteiger partial charge in [-0.1, -0.05) is 17.7 Å². The molecule has 2 aromatic rings. The molecule has 1 saturated heterocycles. The van der Waals surface area contributed by atoms with Crippen molar-refractivity contribution in [2.24, 2.45) is 5.92 Å². The lowest BCUT2D eigenvalue weighted by Gasteiger charge is -2.18. The maximum Gasteiger partial charge on any atom is 0.312 e. The molecule has 1 N–H and O–H groups in total. The topological polar surface area (TPSA) is 99.5 Å². The maximum atomic E-state index is 12.5. The first-order valence-electron chi connectivity index (χ1n) is 9.26. The van der Waals surface area contributed by atoms with Crippen LogP contribution in [0.2, 0.25) is 0 Å². The molecule has 29 heavy (non-hydrogen) atoms. The van der Waals surface area contributed by atoms with Crippen LogP contribution in [0.15, 0.2) is 48.5 Å². The molecule has 1 fully saturated rings. The van der Waals surface area contributed by atoms with E-state index in [0.29, 0.717) is 11.3 Å². The standard InChI is InChI=1S/C22H21N3O4/c1-14-3-9-19(10-4-14)25-13-17(11-20(25)26)22(28)29-15(2)21(27)24-18-7-5-16(12-23)6-8-18/h3-10,15,17H,11,13H2,1-2H3,(H,24,27)/t15-,17-/m0/s1. The maximum absolute atomic E-state index is 12.5. The third-order valence-corrected chi connectivity index (χ3v) is 4.75. The zero-order valence-electron chi connectivity index (χ0n) is 16.2. The number of amides is 2. The van der Waals surface area contributed by atoms with Gasteiger partial charge in [0.15, 0.2) is 6.10 Å². The summed E-state index contributed by atoms with van der Waals surface area (Å²) in [6.45, 7) is 3.66. The van der Waals surface area contributed by atoms with E-state index in [2.05, 4.69) is 5.32 Å². The second kappa shape index (κ2) is 8.57. The predicted molar refractivity (Wildman–Crippen MR) is 107 cm³/mol. The van der Waals surface area contributed by atoms with Gasteiger partial charge in [0.05, 0.1) is 17.6 Å². The van der Waals surface area contributed by atoms with Crippen LogP contribution in [-0.2, 0) is 19.1 Å². The lowest BCUT2D eigenvalue weighted by Crippen LogP contribution is -2.33. The van der Waals surface area contributed by atoms with Crippen LogP contribution in [0.5, 0.6) is 0 Å². The number of rotatable bonds is 5. The van der Waals surface area contributed by atoms with E-state index in [-0.39, 0.29) is 18.9 Å². The number of hydrogen-bond acceptors (Lipinski definition) is 5. The van der Waals surface area contributed by atoms with E-state index in [9.17, 15) is 14.4 Å². The van der Waals surface area contributed by atoms with Crippen LogP contribution in [-0.4, -0.2) is 30.4 Å². The normalized spacial score (nSPS) is 16.8. The summed E-state index contributed by atoms with van der Waals surface area (Å²) in [5, 5.41) is 11.4. The van der Waals surface area contributed by atoms with Gasteiger partial charge in [0, 0.05) is 24.3 Å². The Balaban J connectivity index is 1.56. The summed E-state index contributed by atoms with van der Waals surface area (Å²) in [5.74, 6) is -1.82. The molecule has 1 heterocycles. The number of benzene rings is 2. The van der Waals surface area contributed by atoms with E-state index in [1.807, 2.05) is 37.3 Å². The molecule has 0 radical (unpaired) electrons.